The van der Waals surface area contributed by atoms with E-state index in [0.717, 1.165) is 32.0 Å². The highest BCUT2D eigenvalue weighted by atomic mass is 32.1. The summed E-state index contributed by atoms with van der Waals surface area (Å²) in [4.78, 5) is 16.9. The van der Waals surface area contributed by atoms with Gasteiger partial charge in [0.2, 0.25) is 5.91 Å². The van der Waals surface area contributed by atoms with Gasteiger partial charge >= 0.3 is 0 Å². The summed E-state index contributed by atoms with van der Waals surface area (Å²) in [5.41, 5.74) is 3.80. The summed E-state index contributed by atoms with van der Waals surface area (Å²) in [5, 5.41) is 3.78. The fourth-order valence-corrected chi connectivity index (χ4v) is 3.61. The van der Waals surface area contributed by atoms with Crippen LogP contribution in [0.15, 0.2) is 84.9 Å². The van der Waals surface area contributed by atoms with Crippen molar-refractivity contribution in [2.75, 3.05) is 5.32 Å². The van der Waals surface area contributed by atoms with Crippen LogP contribution in [0.1, 0.15) is 5.01 Å². The molecule has 0 atom stereocenters. The first-order valence-electron chi connectivity index (χ1n) is 8.29. The zero-order chi connectivity index (χ0) is 17.8. The Bertz CT molecular complexity index is 1050. The van der Waals surface area contributed by atoms with Crippen molar-refractivity contribution in [3.63, 3.8) is 0 Å². The van der Waals surface area contributed by atoms with Crippen LogP contribution in [0.3, 0.4) is 0 Å². The van der Waals surface area contributed by atoms with Crippen LogP contribution in [-0.2, 0) is 4.79 Å². The molecule has 1 amide bonds. The number of carbonyl (C=O) groups is 1. The van der Waals surface area contributed by atoms with Crippen molar-refractivity contribution in [3.8, 4) is 11.1 Å². The minimum absolute atomic E-state index is 0.173. The predicted octanol–water partition coefficient (Wildman–Crippen LogP) is 5.62. The largest absolute Gasteiger partial charge is 0.322 e. The average Bonchev–Trinajstić information content (AvgIpc) is 3.11. The van der Waals surface area contributed by atoms with Crippen molar-refractivity contribution in [2.45, 2.75) is 0 Å². The number of para-hydroxylation sites is 2. The maximum absolute atomic E-state index is 12.4. The minimum Gasteiger partial charge on any atom is -0.322 e. The number of benzene rings is 3. The second kappa shape index (κ2) is 7.33. The highest BCUT2D eigenvalue weighted by molar-refractivity contribution is 7.19. The van der Waals surface area contributed by atoms with Gasteiger partial charge in [0.1, 0.15) is 5.01 Å². The Kier molecular flexibility index (Phi) is 4.58. The predicted molar refractivity (Wildman–Crippen MR) is 109 cm³/mol. The Balaban J connectivity index is 1.53. The Morgan fingerprint density at radius 1 is 0.885 bits per heavy atom. The van der Waals surface area contributed by atoms with Crippen LogP contribution < -0.4 is 5.32 Å². The first-order chi connectivity index (χ1) is 12.8. The molecular formula is C22H16N2OS. The number of aromatic nitrogens is 1. The number of rotatable bonds is 4. The van der Waals surface area contributed by atoms with E-state index in [-0.39, 0.29) is 5.91 Å². The van der Waals surface area contributed by atoms with E-state index in [9.17, 15) is 4.79 Å². The zero-order valence-electron chi connectivity index (χ0n) is 13.9. The summed E-state index contributed by atoms with van der Waals surface area (Å²) in [6.07, 6.45) is 3.28. The van der Waals surface area contributed by atoms with Crippen LogP contribution in [0, 0.1) is 0 Å². The molecule has 3 aromatic carbocycles. The lowest BCUT2D eigenvalue weighted by Crippen LogP contribution is -2.08. The van der Waals surface area contributed by atoms with Gasteiger partial charge in [-0.1, -0.05) is 60.7 Å². The van der Waals surface area contributed by atoms with Gasteiger partial charge in [-0.25, -0.2) is 4.98 Å². The first-order valence-corrected chi connectivity index (χ1v) is 9.10. The maximum atomic E-state index is 12.4. The van der Waals surface area contributed by atoms with E-state index in [0.29, 0.717) is 0 Å². The summed E-state index contributed by atoms with van der Waals surface area (Å²) in [5.74, 6) is -0.173. The van der Waals surface area contributed by atoms with E-state index in [4.69, 9.17) is 0 Å². The number of nitrogens with one attached hydrogen (secondary N) is 1. The maximum Gasteiger partial charge on any atom is 0.248 e. The fraction of sp³-hybridized carbons (Fsp3) is 0. The third kappa shape index (κ3) is 3.55. The van der Waals surface area contributed by atoms with Gasteiger partial charge in [0.05, 0.1) is 10.2 Å². The zero-order valence-corrected chi connectivity index (χ0v) is 14.7. The van der Waals surface area contributed by atoms with E-state index < -0.39 is 0 Å². The Morgan fingerprint density at radius 2 is 1.62 bits per heavy atom. The number of hydrogen-bond acceptors (Lipinski definition) is 3. The smallest absolute Gasteiger partial charge is 0.248 e. The molecule has 3 nitrogen and oxygen atoms in total. The lowest BCUT2D eigenvalue weighted by molar-refractivity contribution is -0.111. The molecule has 4 heteroatoms. The molecule has 26 heavy (non-hydrogen) atoms. The fourth-order valence-electron chi connectivity index (χ4n) is 2.74. The molecule has 0 saturated carbocycles. The number of carbonyl (C=O) groups excluding carboxylic acids is 1. The lowest BCUT2D eigenvalue weighted by Gasteiger charge is -2.09. The van der Waals surface area contributed by atoms with E-state index in [1.54, 1.807) is 17.4 Å². The monoisotopic (exact) mass is 356 g/mol. The van der Waals surface area contributed by atoms with Crippen LogP contribution >= 0.6 is 11.3 Å². The molecular weight excluding hydrogens is 340 g/mol. The van der Waals surface area contributed by atoms with Crippen LogP contribution in [0.5, 0.6) is 0 Å². The molecule has 4 aromatic rings. The molecule has 0 fully saturated rings. The number of anilines is 1. The van der Waals surface area contributed by atoms with Gasteiger partial charge in [-0.15, -0.1) is 11.3 Å². The minimum atomic E-state index is -0.173. The number of thiazole rings is 1. The number of fused-ring (bicyclic) bond motifs is 1. The van der Waals surface area contributed by atoms with E-state index in [2.05, 4.69) is 10.3 Å². The van der Waals surface area contributed by atoms with Crippen molar-refractivity contribution in [2.24, 2.45) is 0 Å². The van der Waals surface area contributed by atoms with Crippen LogP contribution in [-0.4, -0.2) is 10.9 Å². The molecule has 0 aliphatic rings. The lowest BCUT2D eigenvalue weighted by atomic mass is 10.0. The molecule has 4 rings (SSSR count). The Morgan fingerprint density at radius 3 is 2.46 bits per heavy atom. The molecule has 1 heterocycles. The SMILES string of the molecule is O=C(/C=C/c1nc2ccccc2s1)Nc1ccccc1-c1ccccc1. The van der Waals surface area contributed by atoms with Gasteiger partial charge in [-0.2, -0.15) is 0 Å². The molecule has 126 valence electrons. The molecule has 1 N–H and O–H groups in total. The van der Waals surface area contributed by atoms with Crippen molar-refractivity contribution in [3.05, 3.63) is 89.9 Å². The van der Waals surface area contributed by atoms with Crippen molar-refractivity contribution in [1.29, 1.82) is 0 Å². The quantitative estimate of drug-likeness (QED) is 0.483. The average molecular weight is 356 g/mol. The molecule has 0 spiro atoms. The van der Waals surface area contributed by atoms with Gasteiger partial charge in [0, 0.05) is 17.3 Å². The third-order valence-electron chi connectivity index (χ3n) is 3.96. The molecule has 0 bridgehead atoms. The van der Waals surface area contributed by atoms with Crippen LogP contribution in [0.4, 0.5) is 5.69 Å². The summed E-state index contributed by atoms with van der Waals surface area (Å²) >= 11 is 1.57. The molecule has 0 aliphatic heterocycles. The highest BCUT2D eigenvalue weighted by Gasteiger charge is 2.06. The van der Waals surface area contributed by atoms with Gasteiger partial charge in [-0.3, -0.25) is 4.79 Å². The summed E-state index contributed by atoms with van der Waals surface area (Å²) < 4.78 is 1.11. The molecule has 0 saturated heterocycles. The van der Waals surface area contributed by atoms with Crippen molar-refractivity contribution >= 4 is 39.2 Å². The number of hydrogen-bond donors (Lipinski definition) is 1. The third-order valence-corrected chi connectivity index (χ3v) is 4.96. The standard InChI is InChI=1S/C22H16N2OS/c25-21(14-15-22-24-19-12-6-7-13-20(19)26-22)23-18-11-5-4-10-17(18)16-8-2-1-3-9-16/h1-15H,(H,23,25)/b15-14+. The number of nitrogens with zero attached hydrogens (tertiary/aromatic N) is 1. The van der Waals surface area contributed by atoms with Gasteiger partial charge in [-0.05, 0) is 29.8 Å². The Hall–Kier alpha value is -3.24. The summed E-state index contributed by atoms with van der Waals surface area (Å²) in [6, 6.07) is 25.8. The second-order valence-corrected chi connectivity index (χ2v) is 6.82. The summed E-state index contributed by atoms with van der Waals surface area (Å²) in [6.45, 7) is 0. The topological polar surface area (TPSA) is 42.0 Å². The molecule has 0 radical (unpaired) electrons. The van der Waals surface area contributed by atoms with Crippen molar-refractivity contribution < 1.29 is 4.79 Å². The van der Waals surface area contributed by atoms with E-state index in [1.165, 1.54) is 6.08 Å². The molecule has 1 aromatic heterocycles. The molecule has 0 aliphatic carbocycles. The van der Waals surface area contributed by atoms with Gasteiger partial charge in [0.15, 0.2) is 0 Å². The summed E-state index contributed by atoms with van der Waals surface area (Å²) in [7, 11) is 0. The second-order valence-electron chi connectivity index (χ2n) is 5.75. The van der Waals surface area contributed by atoms with Crippen LogP contribution in [0.2, 0.25) is 0 Å². The first kappa shape index (κ1) is 16.2. The number of amides is 1. The van der Waals surface area contributed by atoms with E-state index >= 15 is 0 Å². The van der Waals surface area contributed by atoms with E-state index in [1.807, 2.05) is 78.9 Å². The van der Waals surface area contributed by atoms with Gasteiger partial charge < -0.3 is 5.32 Å². The normalized spacial score (nSPS) is 11.1. The Labute approximate surface area is 155 Å². The molecule has 0 unspecified atom stereocenters. The highest BCUT2D eigenvalue weighted by Crippen LogP contribution is 2.27. The van der Waals surface area contributed by atoms with Crippen molar-refractivity contribution in [1.82, 2.24) is 4.98 Å². The van der Waals surface area contributed by atoms with Gasteiger partial charge in [0.25, 0.3) is 0 Å². The van der Waals surface area contributed by atoms with Crippen LogP contribution in [0.25, 0.3) is 27.4 Å².